The van der Waals surface area contributed by atoms with Gasteiger partial charge in [0.05, 0.1) is 20.2 Å². The summed E-state index contributed by atoms with van der Waals surface area (Å²) in [6.07, 6.45) is 0. The maximum atomic E-state index is 11.1. The molecule has 1 amide bonds. The predicted molar refractivity (Wildman–Crippen MR) is 80.4 cm³/mol. The van der Waals surface area contributed by atoms with Crippen LogP contribution in [0.15, 0.2) is 24.3 Å². The normalized spacial score (nSPS) is 10.5. The van der Waals surface area contributed by atoms with E-state index in [0.29, 0.717) is 31.3 Å². The van der Waals surface area contributed by atoms with Crippen molar-refractivity contribution in [3.63, 3.8) is 0 Å². The first-order valence-electron chi connectivity index (χ1n) is 6.91. The molecule has 0 saturated carbocycles. The van der Waals surface area contributed by atoms with Crippen molar-refractivity contribution in [2.75, 3.05) is 14.2 Å². The van der Waals surface area contributed by atoms with E-state index in [2.05, 4.69) is 15.4 Å². The summed E-state index contributed by atoms with van der Waals surface area (Å²) in [4.78, 5) is 15.5. The Morgan fingerprint density at radius 2 is 2.00 bits per heavy atom. The molecule has 0 radical (unpaired) electrons. The maximum absolute atomic E-state index is 11.1. The minimum absolute atomic E-state index is 0.104. The number of rotatable bonds is 7. The van der Waals surface area contributed by atoms with E-state index in [1.807, 2.05) is 24.3 Å². The Labute approximate surface area is 129 Å². The summed E-state index contributed by atoms with van der Waals surface area (Å²) < 4.78 is 12.0. The van der Waals surface area contributed by atoms with Crippen molar-refractivity contribution in [2.24, 2.45) is 0 Å². The number of hydrogen-bond donors (Lipinski definition) is 1. The standard InChI is InChI=1S/C15H20N4O3/c1-11(20)16-8-15-17-14(10-21-2)18-19(15)9-12-4-6-13(22-3)7-5-12/h4-7H,8-10H2,1-3H3,(H,16,20). The Hall–Kier alpha value is -2.41. The molecule has 22 heavy (non-hydrogen) atoms. The van der Waals surface area contributed by atoms with E-state index in [4.69, 9.17) is 9.47 Å². The minimum atomic E-state index is -0.104. The molecule has 0 aliphatic carbocycles. The molecule has 1 heterocycles. The second-order valence-electron chi connectivity index (χ2n) is 4.79. The van der Waals surface area contributed by atoms with E-state index < -0.39 is 0 Å². The van der Waals surface area contributed by atoms with Gasteiger partial charge in [-0.05, 0) is 17.7 Å². The SMILES string of the molecule is COCc1nc(CNC(C)=O)n(Cc2ccc(OC)cc2)n1. The van der Waals surface area contributed by atoms with Crippen molar-refractivity contribution in [2.45, 2.75) is 26.6 Å². The van der Waals surface area contributed by atoms with Crippen molar-refractivity contribution in [3.05, 3.63) is 41.5 Å². The molecule has 2 aromatic rings. The van der Waals surface area contributed by atoms with Crippen LogP contribution in [-0.4, -0.2) is 34.9 Å². The number of nitrogens with one attached hydrogen (secondary N) is 1. The van der Waals surface area contributed by atoms with Gasteiger partial charge in [-0.15, -0.1) is 0 Å². The quantitative estimate of drug-likeness (QED) is 0.829. The third-order valence-corrected chi connectivity index (χ3v) is 3.05. The summed E-state index contributed by atoms with van der Waals surface area (Å²) >= 11 is 0. The zero-order chi connectivity index (χ0) is 15.9. The summed E-state index contributed by atoms with van der Waals surface area (Å²) in [5, 5.41) is 7.15. The largest absolute Gasteiger partial charge is 0.497 e. The van der Waals surface area contributed by atoms with Gasteiger partial charge in [0.15, 0.2) is 5.82 Å². The average molecular weight is 304 g/mol. The number of nitrogens with zero attached hydrogens (tertiary/aromatic N) is 3. The number of hydrogen-bond acceptors (Lipinski definition) is 5. The van der Waals surface area contributed by atoms with Gasteiger partial charge in [0.1, 0.15) is 18.2 Å². The third-order valence-electron chi connectivity index (χ3n) is 3.05. The fourth-order valence-corrected chi connectivity index (χ4v) is 1.98. The molecule has 7 heteroatoms. The lowest BCUT2D eigenvalue weighted by molar-refractivity contribution is -0.119. The molecule has 1 aromatic carbocycles. The van der Waals surface area contributed by atoms with E-state index in [0.717, 1.165) is 11.3 Å². The van der Waals surface area contributed by atoms with Crippen molar-refractivity contribution in [1.29, 1.82) is 0 Å². The second kappa shape index (κ2) is 7.56. The highest BCUT2D eigenvalue weighted by atomic mass is 16.5. The van der Waals surface area contributed by atoms with Crippen LogP contribution in [-0.2, 0) is 29.2 Å². The molecule has 0 aliphatic rings. The van der Waals surface area contributed by atoms with E-state index in [9.17, 15) is 4.79 Å². The van der Waals surface area contributed by atoms with Gasteiger partial charge < -0.3 is 14.8 Å². The Bertz CT molecular complexity index is 622. The summed E-state index contributed by atoms with van der Waals surface area (Å²) in [6, 6.07) is 7.74. The molecular formula is C15H20N4O3. The van der Waals surface area contributed by atoms with Crippen LogP contribution in [0.2, 0.25) is 0 Å². The predicted octanol–water partition coefficient (Wildman–Crippen LogP) is 1.12. The van der Waals surface area contributed by atoms with Crippen molar-refractivity contribution in [3.8, 4) is 5.75 Å². The maximum Gasteiger partial charge on any atom is 0.217 e. The van der Waals surface area contributed by atoms with Crippen LogP contribution in [0, 0.1) is 0 Å². The molecule has 0 aliphatic heterocycles. The second-order valence-corrected chi connectivity index (χ2v) is 4.79. The number of carbonyl (C=O) groups excluding carboxylic acids is 1. The van der Waals surface area contributed by atoms with E-state index in [1.54, 1.807) is 18.9 Å². The Morgan fingerprint density at radius 3 is 2.59 bits per heavy atom. The number of amides is 1. The van der Waals surface area contributed by atoms with Crippen LogP contribution in [0.1, 0.15) is 24.1 Å². The first-order valence-corrected chi connectivity index (χ1v) is 6.91. The fourth-order valence-electron chi connectivity index (χ4n) is 1.98. The lowest BCUT2D eigenvalue weighted by Gasteiger charge is -2.07. The van der Waals surface area contributed by atoms with Gasteiger partial charge in [-0.3, -0.25) is 4.79 Å². The first-order chi connectivity index (χ1) is 10.6. The Morgan fingerprint density at radius 1 is 1.27 bits per heavy atom. The molecule has 0 saturated heterocycles. The molecule has 7 nitrogen and oxygen atoms in total. The van der Waals surface area contributed by atoms with Gasteiger partial charge in [-0.1, -0.05) is 12.1 Å². The summed E-state index contributed by atoms with van der Waals surface area (Å²) in [5.74, 6) is 1.99. The zero-order valence-electron chi connectivity index (χ0n) is 13.0. The molecule has 118 valence electrons. The molecule has 0 bridgehead atoms. The summed E-state index contributed by atoms with van der Waals surface area (Å²) in [7, 11) is 3.23. The fraction of sp³-hybridized carbons (Fsp3) is 0.400. The number of ether oxygens (including phenoxy) is 2. The van der Waals surface area contributed by atoms with E-state index in [1.165, 1.54) is 6.92 Å². The number of carbonyl (C=O) groups is 1. The Kier molecular flexibility index (Phi) is 5.48. The topological polar surface area (TPSA) is 78.3 Å². The van der Waals surface area contributed by atoms with Gasteiger partial charge >= 0.3 is 0 Å². The highest BCUT2D eigenvalue weighted by Gasteiger charge is 2.11. The number of aromatic nitrogens is 3. The summed E-state index contributed by atoms with van der Waals surface area (Å²) in [5.41, 5.74) is 1.07. The molecule has 1 aromatic heterocycles. The number of benzene rings is 1. The minimum Gasteiger partial charge on any atom is -0.497 e. The highest BCUT2D eigenvalue weighted by Crippen LogP contribution is 2.13. The zero-order valence-corrected chi connectivity index (χ0v) is 13.0. The highest BCUT2D eigenvalue weighted by molar-refractivity contribution is 5.72. The van der Waals surface area contributed by atoms with Gasteiger partial charge in [-0.25, -0.2) is 9.67 Å². The molecule has 1 N–H and O–H groups in total. The lowest BCUT2D eigenvalue weighted by atomic mass is 10.2. The monoisotopic (exact) mass is 304 g/mol. The Balaban J connectivity index is 2.17. The van der Waals surface area contributed by atoms with Gasteiger partial charge in [-0.2, -0.15) is 5.10 Å². The molecule has 0 atom stereocenters. The van der Waals surface area contributed by atoms with Crippen LogP contribution in [0.3, 0.4) is 0 Å². The van der Waals surface area contributed by atoms with Crippen LogP contribution >= 0.6 is 0 Å². The summed E-state index contributed by atoms with van der Waals surface area (Å²) in [6.45, 7) is 2.71. The lowest BCUT2D eigenvalue weighted by Crippen LogP contribution is -2.22. The molecular weight excluding hydrogens is 284 g/mol. The molecule has 2 rings (SSSR count). The van der Waals surface area contributed by atoms with Crippen LogP contribution < -0.4 is 10.1 Å². The van der Waals surface area contributed by atoms with E-state index >= 15 is 0 Å². The molecule has 0 fully saturated rings. The average Bonchev–Trinajstić information content (AvgIpc) is 2.88. The van der Waals surface area contributed by atoms with Crippen LogP contribution in [0.4, 0.5) is 0 Å². The van der Waals surface area contributed by atoms with Crippen molar-refractivity contribution < 1.29 is 14.3 Å². The molecule has 0 spiro atoms. The first kappa shape index (κ1) is 16.0. The van der Waals surface area contributed by atoms with Gasteiger partial charge in [0.25, 0.3) is 0 Å². The van der Waals surface area contributed by atoms with Crippen LogP contribution in [0.25, 0.3) is 0 Å². The number of methoxy groups -OCH3 is 2. The molecule has 0 unspecified atom stereocenters. The van der Waals surface area contributed by atoms with Crippen LogP contribution in [0.5, 0.6) is 5.75 Å². The van der Waals surface area contributed by atoms with Gasteiger partial charge in [0, 0.05) is 14.0 Å². The smallest absolute Gasteiger partial charge is 0.217 e. The third kappa shape index (κ3) is 4.29. The van der Waals surface area contributed by atoms with Crippen molar-refractivity contribution in [1.82, 2.24) is 20.1 Å². The van der Waals surface area contributed by atoms with E-state index in [-0.39, 0.29) is 5.91 Å². The van der Waals surface area contributed by atoms with Gasteiger partial charge in [0.2, 0.25) is 5.91 Å². The van der Waals surface area contributed by atoms with Crippen molar-refractivity contribution >= 4 is 5.91 Å².